The van der Waals surface area contributed by atoms with Crippen LogP contribution in [0.2, 0.25) is 5.02 Å². The first-order valence-electron chi connectivity index (χ1n) is 12.5. The van der Waals surface area contributed by atoms with Crippen molar-refractivity contribution in [1.29, 1.82) is 5.26 Å². The number of amides is 1. The van der Waals surface area contributed by atoms with Gasteiger partial charge in [-0.1, -0.05) is 25.4 Å². The Balaban J connectivity index is 1.41. The fourth-order valence-corrected chi connectivity index (χ4v) is 5.30. The molecule has 2 heterocycles. The molecule has 4 N–H and O–H groups in total. The smallest absolute Gasteiger partial charge is 0.253 e. The number of hydrogen-bond acceptors (Lipinski definition) is 8. The SMILES string of the molecule is COc1cc(C(=O)NC2CCC(O)C2)c(Cl)cc1Nc1nccc(-c2cc(C#N)c3c(c2)C(C)(C)CN3)n1. The van der Waals surface area contributed by atoms with E-state index in [0.717, 1.165) is 29.8 Å². The predicted octanol–water partition coefficient (Wildman–Crippen LogP) is 4.77. The molecule has 2 aliphatic rings. The number of carbonyl (C=O) groups is 1. The number of nitrogens with zero attached hydrogens (tertiary/aromatic N) is 3. The van der Waals surface area contributed by atoms with Crippen LogP contribution in [-0.4, -0.2) is 46.8 Å². The molecule has 2 unspecified atom stereocenters. The van der Waals surface area contributed by atoms with Crippen LogP contribution in [0.5, 0.6) is 5.75 Å². The standard InChI is InChI=1S/C28H29ClN6O3/c1-28(2)14-32-25-16(13-30)8-15(9-20(25)28)22-6-7-31-27(34-22)35-23-12-21(29)19(11-24(23)38-3)26(37)33-17-4-5-18(36)10-17/h6-9,11-12,17-18,32,36H,4-5,10,14H2,1-3H3,(H,33,37)(H,31,34,35). The van der Waals surface area contributed by atoms with Gasteiger partial charge in [0.25, 0.3) is 5.91 Å². The molecule has 1 saturated carbocycles. The molecule has 1 aliphatic heterocycles. The second kappa shape index (κ2) is 10.1. The van der Waals surface area contributed by atoms with Crippen LogP contribution in [0.4, 0.5) is 17.3 Å². The van der Waals surface area contributed by atoms with Crippen molar-refractivity contribution in [3.05, 3.63) is 58.2 Å². The maximum absolute atomic E-state index is 12.8. The van der Waals surface area contributed by atoms with Crippen LogP contribution in [0.1, 0.15) is 54.6 Å². The lowest BCUT2D eigenvalue weighted by Crippen LogP contribution is -2.33. The second-order valence-electron chi connectivity index (χ2n) is 10.4. The van der Waals surface area contributed by atoms with E-state index in [2.05, 4.69) is 51.9 Å². The van der Waals surface area contributed by atoms with E-state index >= 15 is 0 Å². The van der Waals surface area contributed by atoms with Crippen molar-refractivity contribution in [2.24, 2.45) is 0 Å². The minimum absolute atomic E-state index is 0.0874. The van der Waals surface area contributed by atoms with E-state index in [1.165, 1.54) is 7.11 Å². The van der Waals surface area contributed by atoms with Gasteiger partial charge in [0, 0.05) is 29.8 Å². The van der Waals surface area contributed by atoms with E-state index in [1.807, 2.05) is 6.07 Å². The zero-order valence-corrected chi connectivity index (χ0v) is 22.2. The van der Waals surface area contributed by atoms with Gasteiger partial charge in [0.15, 0.2) is 0 Å². The number of methoxy groups -OCH3 is 1. The second-order valence-corrected chi connectivity index (χ2v) is 10.8. The Hall–Kier alpha value is -3.87. The molecule has 1 aliphatic carbocycles. The Bertz CT molecular complexity index is 1450. The summed E-state index contributed by atoms with van der Waals surface area (Å²) in [6.07, 6.45) is 3.17. The molecule has 1 aromatic heterocycles. The van der Waals surface area contributed by atoms with Gasteiger partial charge >= 0.3 is 0 Å². The maximum Gasteiger partial charge on any atom is 0.253 e. The van der Waals surface area contributed by atoms with Gasteiger partial charge in [-0.15, -0.1) is 0 Å². The van der Waals surface area contributed by atoms with Gasteiger partial charge < -0.3 is 25.8 Å². The highest BCUT2D eigenvalue weighted by atomic mass is 35.5. The molecule has 0 bridgehead atoms. The lowest BCUT2D eigenvalue weighted by atomic mass is 9.85. The van der Waals surface area contributed by atoms with Crippen LogP contribution in [0.3, 0.4) is 0 Å². The van der Waals surface area contributed by atoms with Gasteiger partial charge in [0.2, 0.25) is 5.95 Å². The Kier molecular flexibility index (Phi) is 6.86. The van der Waals surface area contributed by atoms with Crippen LogP contribution in [-0.2, 0) is 5.41 Å². The number of ether oxygens (including phenoxy) is 1. The summed E-state index contributed by atoms with van der Waals surface area (Å²) in [5.41, 5.74) is 4.67. The Morgan fingerprint density at radius 1 is 1.29 bits per heavy atom. The zero-order valence-electron chi connectivity index (χ0n) is 21.4. The minimum atomic E-state index is -0.390. The number of halogens is 1. The molecular formula is C28H29ClN6O3. The summed E-state index contributed by atoms with van der Waals surface area (Å²) >= 11 is 6.49. The quantitative estimate of drug-likeness (QED) is 0.357. The number of aliphatic hydroxyl groups excluding tert-OH is 1. The van der Waals surface area contributed by atoms with Gasteiger partial charge in [0.1, 0.15) is 11.8 Å². The van der Waals surface area contributed by atoms with Gasteiger partial charge in [0.05, 0.1) is 46.4 Å². The first kappa shape index (κ1) is 25.8. The van der Waals surface area contributed by atoms with Gasteiger partial charge in [-0.25, -0.2) is 9.97 Å². The lowest BCUT2D eigenvalue weighted by Gasteiger charge is -2.18. The Labute approximate surface area is 226 Å². The van der Waals surface area contributed by atoms with Gasteiger partial charge in [-0.2, -0.15) is 5.26 Å². The van der Waals surface area contributed by atoms with Crippen molar-refractivity contribution in [3.63, 3.8) is 0 Å². The number of nitriles is 1. The average molecular weight is 533 g/mol. The summed E-state index contributed by atoms with van der Waals surface area (Å²) in [6, 6.07) is 11.1. The molecule has 0 saturated heterocycles. The first-order valence-corrected chi connectivity index (χ1v) is 12.9. The molecule has 1 amide bonds. The van der Waals surface area contributed by atoms with Crippen molar-refractivity contribution in [3.8, 4) is 23.1 Å². The number of hydrogen-bond donors (Lipinski definition) is 4. The fourth-order valence-electron chi connectivity index (χ4n) is 5.05. The number of benzene rings is 2. The number of anilines is 3. The zero-order chi connectivity index (χ0) is 27.0. The molecule has 2 aromatic carbocycles. The number of aliphatic hydroxyl groups is 1. The summed E-state index contributed by atoms with van der Waals surface area (Å²) in [5, 5.41) is 29.1. The van der Waals surface area contributed by atoms with Crippen LogP contribution in [0.15, 0.2) is 36.5 Å². The van der Waals surface area contributed by atoms with Crippen LogP contribution >= 0.6 is 11.6 Å². The first-order chi connectivity index (χ1) is 18.2. The molecule has 5 rings (SSSR count). The molecule has 2 atom stereocenters. The molecule has 38 heavy (non-hydrogen) atoms. The van der Waals surface area contributed by atoms with E-state index in [-0.39, 0.29) is 34.1 Å². The van der Waals surface area contributed by atoms with Crippen LogP contribution in [0, 0.1) is 11.3 Å². The Morgan fingerprint density at radius 3 is 2.82 bits per heavy atom. The van der Waals surface area contributed by atoms with E-state index in [1.54, 1.807) is 24.4 Å². The largest absolute Gasteiger partial charge is 0.495 e. The fraction of sp³-hybridized carbons (Fsp3) is 0.357. The molecule has 3 aromatic rings. The molecular weight excluding hydrogens is 504 g/mol. The topological polar surface area (TPSA) is 132 Å². The monoisotopic (exact) mass is 532 g/mol. The van der Waals surface area contributed by atoms with E-state index in [9.17, 15) is 15.2 Å². The number of aromatic nitrogens is 2. The summed E-state index contributed by atoms with van der Waals surface area (Å²) in [7, 11) is 1.50. The minimum Gasteiger partial charge on any atom is -0.495 e. The summed E-state index contributed by atoms with van der Waals surface area (Å²) in [4.78, 5) is 21.9. The van der Waals surface area contributed by atoms with Crippen LogP contribution in [0.25, 0.3) is 11.3 Å². The molecule has 1 fully saturated rings. The predicted molar refractivity (Wildman–Crippen MR) is 146 cm³/mol. The van der Waals surface area contributed by atoms with E-state index < -0.39 is 0 Å². The maximum atomic E-state index is 12.8. The van der Waals surface area contributed by atoms with Crippen molar-refractivity contribution >= 4 is 34.8 Å². The van der Waals surface area contributed by atoms with E-state index in [0.29, 0.717) is 41.5 Å². The highest BCUT2D eigenvalue weighted by Crippen LogP contribution is 2.41. The number of fused-ring (bicyclic) bond motifs is 1. The molecule has 0 radical (unpaired) electrons. The molecule has 9 nitrogen and oxygen atoms in total. The van der Waals surface area contributed by atoms with Crippen molar-refractivity contribution in [2.45, 2.75) is 50.7 Å². The van der Waals surface area contributed by atoms with Gasteiger partial charge in [-0.05, 0) is 55.2 Å². The van der Waals surface area contributed by atoms with Crippen molar-refractivity contribution in [2.75, 3.05) is 24.3 Å². The third kappa shape index (κ3) is 4.97. The summed E-state index contributed by atoms with van der Waals surface area (Å²) in [5.74, 6) is 0.391. The lowest BCUT2D eigenvalue weighted by molar-refractivity contribution is 0.0934. The highest BCUT2D eigenvalue weighted by molar-refractivity contribution is 6.34. The number of rotatable bonds is 6. The number of nitrogens with one attached hydrogen (secondary N) is 3. The highest BCUT2D eigenvalue weighted by Gasteiger charge is 2.32. The molecule has 196 valence electrons. The van der Waals surface area contributed by atoms with Gasteiger partial charge in [-0.3, -0.25) is 4.79 Å². The average Bonchev–Trinajstić information content (AvgIpc) is 3.45. The summed E-state index contributed by atoms with van der Waals surface area (Å²) in [6.45, 7) is 5.04. The van der Waals surface area contributed by atoms with Crippen molar-refractivity contribution in [1.82, 2.24) is 15.3 Å². The molecule has 0 spiro atoms. The third-order valence-corrected chi connectivity index (χ3v) is 7.48. The normalized spacial score (nSPS) is 19.3. The van der Waals surface area contributed by atoms with Crippen LogP contribution < -0.4 is 20.7 Å². The molecule has 10 heteroatoms. The number of carbonyl (C=O) groups excluding carboxylic acids is 1. The summed E-state index contributed by atoms with van der Waals surface area (Å²) < 4.78 is 5.53. The Morgan fingerprint density at radius 2 is 2.11 bits per heavy atom. The third-order valence-electron chi connectivity index (χ3n) is 7.17. The van der Waals surface area contributed by atoms with Crippen molar-refractivity contribution < 1.29 is 14.6 Å². The van der Waals surface area contributed by atoms with E-state index in [4.69, 9.17) is 16.3 Å².